The van der Waals surface area contributed by atoms with Crippen LogP contribution in [-0.2, 0) is 32.7 Å². The number of phosphoric ester groups is 1. The van der Waals surface area contributed by atoms with Crippen LogP contribution in [0.15, 0.2) is 97.2 Å². The fraction of sp³-hybridized carbons (Fsp3) is 0.625. The zero-order chi connectivity index (χ0) is 42.8. The number of allylic oxidation sites excluding steroid dienone is 16. The second kappa shape index (κ2) is 39.4. The average molecular weight is 830 g/mol. The predicted octanol–water partition coefficient (Wildman–Crippen LogP) is 11.9. The molecular weight excluding hydrogens is 750 g/mol. The first-order valence-corrected chi connectivity index (χ1v) is 23.4. The monoisotopic (exact) mass is 830 g/mol. The Morgan fingerprint density at radius 1 is 0.534 bits per heavy atom. The van der Waals surface area contributed by atoms with Crippen LogP contribution in [0.4, 0.5) is 0 Å². The van der Waals surface area contributed by atoms with Gasteiger partial charge in [-0.1, -0.05) is 137 Å². The van der Waals surface area contributed by atoms with Crippen molar-refractivity contribution in [2.24, 2.45) is 0 Å². The van der Waals surface area contributed by atoms with Crippen molar-refractivity contribution in [2.75, 3.05) is 47.5 Å². The highest BCUT2D eigenvalue weighted by atomic mass is 31.2. The van der Waals surface area contributed by atoms with Gasteiger partial charge in [-0.15, -0.1) is 0 Å². The number of nitrogens with zero attached hydrogens (tertiary/aromatic N) is 1. The minimum absolute atomic E-state index is 0.0460. The van der Waals surface area contributed by atoms with Crippen LogP contribution in [0.25, 0.3) is 0 Å². The Kier molecular flexibility index (Phi) is 37.3. The molecule has 58 heavy (non-hydrogen) atoms. The van der Waals surface area contributed by atoms with Crippen molar-refractivity contribution in [3.05, 3.63) is 97.2 Å². The number of ether oxygens (including phenoxy) is 2. The highest BCUT2D eigenvalue weighted by molar-refractivity contribution is 7.45. The van der Waals surface area contributed by atoms with E-state index in [2.05, 4.69) is 111 Å². The summed E-state index contributed by atoms with van der Waals surface area (Å²) in [6, 6.07) is 0. The molecule has 10 heteroatoms. The van der Waals surface area contributed by atoms with Gasteiger partial charge >= 0.3 is 11.9 Å². The number of esters is 2. The standard InChI is InChI=1S/C48H80NO8P/c1-6-8-10-12-14-16-18-20-22-23-24-25-27-28-30-32-34-36-38-40-47(50)54-44-46(45-56-58(52,53)55-43-42-49(3,4)5)57-48(51)41-39-37-35-33-31-29-26-21-19-17-15-13-11-9-7-2/h8-11,14-17,20-22,24-26,28,30,46H,6-7,12-13,18-19,23,27,29,31-45H2,1-5H3/b10-8+,11-9+,16-14+,17-15+,22-20+,25-24+,26-21+,30-28+/t46-/m1/s1. The minimum atomic E-state index is -4.64. The van der Waals surface area contributed by atoms with Gasteiger partial charge in [-0.3, -0.25) is 14.2 Å². The number of unbranched alkanes of at least 4 members (excludes halogenated alkanes) is 8. The lowest BCUT2D eigenvalue weighted by Crippen LogP contribution is -2.37. The number of hydrogen-bond acceptors (Lipinski definition) is 8. The fourth-order valence-corrected chi connectivity index (χ4v) is 5.95. The lowest BCUT2D eigenvalue weighted by atomic mass is 10.1. The average Bonchev–Trinajstić information content (AvgIpc) is 3.17. The van der Waals surface area contributed by atoms with Crippen LogP contribution >= 0.6 is 7.82 Å². The van der Waals surface area contributed by atoms with Crippen molar-refractivity contribution in [1.29, 1.82) is 0 Å². The van der Waals surface area contributed by atoms with E-state index in [0.717, 1.165) is 103 Å². The molecule has 0 aliphatic rings. The summed E-state index contributed by atoms with van der Waals surface area (Å²) in [7, 11) is 1.11. The Morgan fingerprint density at radius 3 is 1.40 bits per heavy atom. The molecule has 0 spiro atoms. The summed E-state index contributed by atoms with van der Waals surface area (Å²) >= 11 is 0. The third-order valence-electron chi connectivity index (χ3n) is 8.60. The zero-order valence-corrected chi connectivity index (χ0v) is 37.8. The molecule has 0 aromatic carbocycles. The molecule has 0 heterocycles. The third kappa shape index (κ3) is 42.5. The zero-order valence-electron chi connectivity index (χ0n) is 36.9. The Hall–Kier alpha value is -3.07. The predicted molar refractivity (Wildman–Crippen MR) is 240 cm³/mol. The van der Waals surface area contributed by atoms with Crippen molar-refractivity contribution < 1.29 is 42.1 Å². The molecule has 0 saturated carbocycles. The SMILES string of the molecule is CC/C=C/C/C=C/C/C=C/C/C=C/C/C=C/CCCCCC(=O)OC[C@H](COP(=O)([O-])OCC[N+](C)(C)C)OC(=O)CCCCCCC/C=C/C/C=C/C/C=C/CC. The van der Waals surface area contributed by atoms with Crippen molar-refractivity contribution >= 4 is 19.8 Å². The first-order chi connectivity index (χ1) is 28.0. The van der Waals surface area contributed by atoms with Crippen molar-refractivity contribution in [1.82, 2.24) is 0 Å². The first kappa shape index (κ1) is 54.9. The molecule has 9 nitrogen and oxygen atoms in total. The second-order valence-corrected chi connectivity index (χ2v) is 16.7. The topological polar surface area (TPSA) is 111 Å². The molecule has 1 unspecified atom stereocenters. The lowest BCUT2D eigenvalue weighted by Gasteiger charge is -2.28. The van der Waals surface area contributed by atoms with Gasteiger partial charge in [-0.2, -0.15) is 0 Å². The van der Waals surface area contributed by atoms with Gasteiger partial charge in [0.25, 0.3) is 7.82 Å². The summed E-state index contributed by atoms with van der Waals surface area (Å²) < 4.78 is 33.8. The van der Waals surface area contributed by atoms with Gasteiger partial charge in [0, 0.05) is 12.8 Å². The number of phosphoric acid groups is 1. The van der Waals surface area contributed by atoms with Gasteiger partial charge in [0.05, 0.1) is 27.7 Å². The van der Waals surface area contributed by atoms with E-state index in [4.69, 9.17) is 18.5 Å². The van der Waals surface area contributed by atoms with Crippen molar-refractivity contribution in [3.8, 4) is 0 Å². The Balaban J connectivity index is 4.47. The molecule has 0 amide bonds. The molecule has 0 aliphatic heterocycles. The van der Waals surface area contributed by atoms with E-state index in [1.54, 1.807) is 0 Å². The third-order valence-corrected chi connectivity index (χ3v) is 9.56. The van der Waals surface area contributed by atoms with Crippen LogP contribution in [0, 0.1) is 0 Å². The normalized spacial score (nSPS) is 14.5. The van der Waals surface area contributed by atoms with Crippen LogP contribution in [0.2, 0.25) is 0 Å². The lowest BCUT2D eigenvalue weighted by molar-refractivity contribution is -0.870. The molecule has 0 bridgehead atoms. The number of rotatable bonds is 38. The molecule has 0 aromatic rings. The molecule has 0 rings (SSSR count). The molecule has 0 aromatic heterocycles. The number of quaternary nitrogens is 1. The number of likely N-dealkylation sites (N-methyl/N-ethyl adjacent to an activating group) is 1. The molecule has 0 aliphatic carbocycles. The van der Waals surface area contributed by atoms with Crippen LogP contribution in [-0.4, -0.2) is 70.0 Å². The van der Waals surface area contributed by atoms with Gasteiger partial charge in [0.2, 0.25) is 0 Å². The Bertz CT molecular complexity index is 1300. The highest BCUT2D eigenvalue weighted by Crippen LogP contribution is 2.38. The number of carbonyl (C=O) groups excluding carboxylic acids is 2. The minimum Gasteiger partial charge on any atom is -0.756 e. The van der Waals surface area contributed by atoms with E-state index in [0.29, 0.717) is 23.9 Å². The van der Waals surface area contributed by atoms with E-state index in [9.17, 15) is 19.0 Å². The summed E-state index contributed by atoms with van der Waals surface area (Å²) in [5.41, 5.74) is 0. The molecule has 2 atom stereocenters. The van der Waals surface area contributed by atoms with Gasteiger partial charge < -0.3 is 27.9 Å². The summed E-state index contributed by atoms with van der Waals surface area (Å²) in [4.78, 5) is 37.5. The number of carbonyl (C=O) groups is 2. The number of hydrogen-bond donors (Lipinski definition) is 0. The maximum atomic E-state index is 12.7. The quantitative estimate of drug-likeness (QED) is 0.0199. The highest BCUT2D eigenvalue weighted by Gasteiger charge is 2.21. The molecule has 0 saturated heterocycles. The van der Waals surface area contributed by atoms with Crippen LogP contribution < -0.4 is 4.89 Å². The van der Waals surface area contributed by atoms with Gasteiger partial charge in [-0.25, -0.2) is 0 Å². The van der Waals surface area contributed by atoms with Gasteiger partial charge in [0.15, 0.2) is 6.10 Å². The first-order valence-electron chi connectivity index (χ1n) is 21.9. The molecular formula is C48H80NO8P. The van der Waals surface area contributed by atoms with E-state index in [1.807, 2.05) is 21.1 Å². The van der Waals surface area contributed by atoms with E-state index in [1.165, 1.54) is 0 Å². The molecule has 330 valence electrons. The second-order valence-electron chi connectivity index (χ2n) is 15.3. The fourth-order valence-electron chi connectivity index (χ4n) is 5.22. The Labute approximate surface area is 353 Å². The maximum absolute atomic E-state index is 12.7. The van der Waals surface area contributed by atoms with E-state index < -0.39 is 32.5 Å². The van der Waals surface area contributed by atoms with Gasteiger partial charge in [0.1, 0.15) is 19.8 Å². The summed E-state index contributed by atoms with van der Waals surface area (Å²) in [6.07, 6.45) is 51.5. The van der Waals surface area contributed by atoms with Crippen molar-refractivity contribution in [2.45, 2.75) is 148 Å². The van der Waals surface area contributed by atoms with Crippen LogP contribution in [0.5, 0.6) is 0 Å². The van der Waals surface area contributed by atoms with Crippen LogP contribution in [0.3, 0.4) is 0 Å². The largest absolute Gasteiger partial charge is 0.756 e. The molecule has 0 radical (unpaired) electrons. The van der Waals surface area contributed by atoms with Gasteiger partial charge in [-0.05, 0) is 89.9 Å². The smallest absolute Gasteiger partial charge is 0.306 e. The summed E-state index contributed by atoms with van der Waals surface area (Å²) in [6.45, 7) is 3.91. The summed E-state index contributed by atoms with van der Waals surface area (Å²) in [5, 5.41) is 0. The Morgan fingerprint density at radius 2 is 0.931 bits per heavy atom. The molecule has 0 fully saturated rings. The van der Waals surface area contributed by atoms with Crippen LogP contribution in [0.1, 0.15) is 142 Å². The maximum Gasteiger partial charge on any atom is 0.306 e. The van der Waals surface area contributed by atoms with E-state index >= 15 is 0 Å². The molecule has 0 N–H and O–H groups in total. The summed E-state index contributed by atoms with van der Waals surface area (Å²) in [5.74, 6) is -0.904. The van der Waals surface area contributed by atoms with E-state index in [-0.39, 0.29) is 26.1 Å². The van der Waals surface area contributed by atoms with Crippen molar-refractivity contribution in [3.63, 3.8) is 0 Å².